The number of carboxylic acids is 1. The fourth-order valence-corrected chi connectivity index (χ4v) is 3.04. The highest BCUT2D eigenvalue weighted by Crippen LogP contribution is 2.34. The van der Waals surface area contributed by atoms with Crippen molar-refractivity contribution in [2.75, 3.05) is 0 Å². The number of halogens is 2. The number of benzene rings is 1. The molecule has 0 aliphatic rings. The highest BCUT2D eigenvalue weighted by atomic mass is 35.5. The first kappa shape index (κ1) is 16.1. The molecule has 1 aromatic carbocycles. The van der Waals surface area contributed by atoms with Gasteiger partial charge < -0.3 is 10.1 Å². The quantitative estimate of drug-likeness (QED) is 0.668. The predicted molar refractivity (Wildman–Crippen MR) is 93.0 cm³/mol. The molecule has 0 unspecified atom stereocenters. The van der Waals surface area contributed by atoms with E-state index in [-0.39, 0.29) is 5.69 Å². The molecular formula is C17H9Cl2N3O2. The molecule has 5 nitrogen and oxygen atoms in total. The summed E-state index contributed by atoms with van der Waals surface area (Å²) in [7, 11) is 0. The predicted octanol–water partition coefficient (Wildman–Crippen LogP) is 4.63. The number of carboxylic acid groups (broad SMARTS) is 1. The van der Waals surface area contributed by atoms with Crippen LogP contribution in [0.3, 0.4) is 0 Å². The molecule has 0 aliphatic carbocycles. The van der Waals surface area contributed by atoms with Gasteiger partial charge in [0.1, 0.15) is 5.69 Å². The minimum absolute atomic E-state index is 0.0593. The smallest absolute Gasteiger partial charge is 0.352 e. The number of nitrogens with one attached hydrogen (secondary N) is 1. The topological polar surface area (TPSA) is 89.8 Å². The molecular weight excluding hydrogens is 349 g/mol. The van der Waals surface area contributed by atoms with Gasteiger partial charge in [-0.05, 0) is 35.9 Å². The summed E-state index contributed by atoms with van der Waals surface area (Å²) < 4.78 is 0. The van der Waals surface area contributed by atoms with Gasteiger partial charge >= 0.3 is 5.97 Å². The molecule has 0 saturated heterocycles. The Labute approximate surface area is 146 Å². The normalized spacial score (nSPS) is 11.5. The van der Waals surface area contributed by atoms with Gasteiger partial charge in [-0.25, -0.2) is 4.79 Å². The number of aromatic carboxylic acids is 1. The molecule has 2 heterocycles. The van der Waals surface area contributed by atoms with Crippen molar-refractivity contribution in [3.63, 3.8) is 0 Å². The van der Waals surface area contributed by atoms with E-state index in [2.05, 4.69) is 16.0 Å². The summed E-state index contributed by atoms with van der Waals surface area (Å²) in [4.78, 5) is 18.3. The monoisotopic (exact) mass is 357 g/mol. The van der Waals surface area contributed by atoms with Crippen LogP contribution in [0, 0.1) is 11.3 Å². The lowest BCUT2D eigenvalue weighted by molar-refractivity contribution is 0.0691. The van der Waals surface area contributed by atoms with Crippen LogP contribution in [0.25, 0.3) is 22.6 Å². The number of rotatable bonds is 3. The summed E-state index contributed by atoms with van der Waals surface area (Å²) >= 11 is 12.2. The van der Waals surface area contributed by atoms with E-state index in [1.165, 1.54) is 12.1 Å². The number of hydrogen-bond acceptors (Lipinski definition) is 3. The van der Waals surface area contributed by atoms with E-state index in [0.717, 1.165) is 0 Å². The largest absolute Gasteiger partial charge is 0.477 e. The van der Waals surface area contributed by atoms with Crippen LogP contribution < -0.4 is 0 Å². The Morgan fingerprint density at radius 2 is 2.00 bits per heavy atom. The lowest BCUT2D eigenvalue weighted by Gasteiger charge is -2.01. The highest BCUT2D eigenvalue weighted by molar-refractivity contribution is 6.39. The third-order valence-corrected chi connectivity index (χ3v) is 3.98. The van der Waals surface area contributed by atoms with Crippen LogP contribution in [0.15, 0.2) is 36.7 Å². The number of H-pyrrole nitrogens is 1. The molecule has 0 atom stereocenters. The maximum Gasteiger partial charge on any atom is 0.352 e. The van der Waals surface area contributed by atoms with Crippen molar-refractivity contribution in [2.24, 2.45) is 0 Å². The molecule has 7 heteroatoms. The van der Waals surface area contributed by atoms with Crippen LogP contribution in [-0.2, 0) is 0 Å². The Morgan fingerprint density at radius 1 is 1.29 bits per heavy atom. The molecule has 2 N–H and O–H groups in total. The average molecular weight is 358 g/mol. The van der Waals surface area contributed by atoms with Crippen LogP contribution in [-0.4, -0.2) is 21.0 Å². The molecule has 0 amide bonds. The number of fused-ring (bicyclic) bond motifs is 1. The molecule has 3 aromatic rings. The maximum absolute atomic E-state index is 11.6. The summed E-state index contributed by atoms with van der Waals surface area (Å²) in [5.41, 5.74) is 1.68. The minimum atomic E-state index is -1.16. The molecule has 0 radical (unpaired) electrons. The fraction of sp³-hybridized carbons (Fsp3) is 0. The van der Waals surface area contributed by atoms with Crippen molar-refractivity contribution in [1.29, 1.82) is 5.26 Å². The van der Waals surface area contributed by atoms with Gasteiger partial charge in [0, 0.05) is 33.9 Å². The lowest BCUT2D eigenvalue weighted by atomic mass is 10.0. The second kappa shape index (κ2) is 6.36. The van der Waals surface area contributed by atoms with Crippen LogP contribution >= 0.6 is 23.2 Å². The first-order valence-electron chi connectivity index (χ1n) is 6.77. The number of nitrogens with zero attached hydrogens (tertiary/aromatic N) is 2. The Morgan fingerprint density at radius 3 is 2.62 bits per heavy atom. The van der Waals surface area contributed by atoms with Crippen molar-refractivity contribution in [3.05, 3.63) is 63.5 Å². The number of carbonyl (C=O) groups is 1. The van der Waals surface area contributed by atoms with Crippen LogP contribution in [0.5, 0.6) is 0 Å². The molecule has 0 aliphatic heterocycles. The standard InChI is InChI=1S/C17H9Cl2N3O2/c18-11-6-13(19)15-12(16(17(23)24)22-14(15)7-11)5-10(8-20)9-1-3-21-4-2-9/h1-7,22H,(H,23,24)/b10-5-. The van der Waals surface area contributed by atoms with Crippen molar-refractivity contribution >= 4 is 51.7 Å². The lowest BCUT2D eigenvalue weighted by Crippen LogP contribution is -1.99. The Hall–Kier alpha value is -2.81. The number of pyridine rings is 1. The Balaban J connectivity index is 2.32. The van der Waals surface area contributed by atoms with Gasteiger partial charge in [0.25, 0.3) is 0 Å². The SMILES string of the molecule is N#C/C(=C/c1c(C(=O)O)[nH]c2cc(Cl)cc(Cl)c12)c1ccncc1. The second-order valence-electron chi connectivity index (χ2n) is 4.93. The Kier molecular flexibility index (Phi) is 4.26. The fourth-order valence-electron chi connectivity index (χ4n) is 2.44. The third-order valence-electron chi connectivity index (χ3n) is 3.47. The van der Waals surface area contributed by atoms with Gasteiger partial charge in [-0.2, -0.15) is 5.26 Å². The van der Waals surface area contributed by atoms with E-state index in [1.807, 2.05) is 0 Å². The van der Waals surface area contributed by atoms with E-state index in [0.29, 0.717) is 37.6 Å². The van der Waals surface area contributed by atoms with E-state index in [4.69, 9.17) is 23.2 Å². The molecule has 0 spiro atoms. The number of aromatic amines is 1. The molecule has 2 aromatic heterocycles. The number of hydrogen-bond donors (Lipinski definition) is 2. The highest BCUT2D eigenvalue weighted by Gasteiger charge is 2.19. The average Bonchev–Trinajstić information content (AvgIpc) is 2.92. The van der Waals surface area contributed by atoms with Gasteiger partial charge in [0.15, 0.2) is 0 Å². The van der Waals surface area contributed by atoms with E-state index in [1.54, 1.807) is 30.6 Å². The first-order chi connectivity index (χ1) is 11.5. The van der Waals surface area contributed by atoms with E-state index in [9.17, 15) is 15.2 Å². The summed E-state index contributed by atoms with van der Waals surface area (Å²) in [6.45, 7) is 0. The van der Waals surface area contributed by atoms with Gasteiger partial charge in [-0.3, -0.25) is 4.98 Å². The summed E-state index contributed by atoms with van der Waals surface area (Å²) in [6, 6.07) is 8.53. The number of allylic oxidation sites excluding steroid dienone is 1. The molecule has 24 heavy (non-hydrogen) atoms. The third kappa shape index (κ3) is 2.85. The van der Waals surface area contributed by atoms with Gasteiger partial charge in [0.05, 0.1) is 16.7 Å². The van der Waals surface area contributed by atoms with Gasteiger partial charge in [-0.1, -0.05) is 23.2 Å². The van der Waals surface area contributed by atoms with Crippen LogP contribution in [0.2, 0.25) is 10.0 Å². The van der Waals surface area contributed by atoms with E-state index >= 15 is 0 Å². The van der Waals surface area contributed by atoms with Crippen molar-refractivity contribution in [3.8, 4) is 6.07 Å². The number of aromatic nitrogens is 2. The van der Waals surface area contributed by atoms with Crippen molar-refractivity contribution in [2.45, 2.75) is 0 Å². The summed E-state index contributed by atoms with van der Waals surface area (Å²) in [5.74, 6) is -1.16. The zero-order valence-corrected chi connectivity index (χ0v) is 13.6. The van der Waals surface area contributed by atoms with Crippen molar-refractivity contribution in [1.82, 2.24) is 9.97 Å². The van der Waals surface area contributed by atoms with Gasteiger partial charge in [0.2, 0.25) is 0 Å². The molecule has 3 rings (SSSR count). The van der Waals surface area contributed by atoms with E-state index < -0.39 is 5.97 Å². The molecule has 0 fully saturated rings. The maximum atomic E-state index is 11.6. The first-order valence-corrected chi connectivity index (χ1v) is 7.53. The molecule has 0 saturated carbocycles. The van der Waals surface area contributed by atoms with Crippen LogP contribution in [0.1, 0.15) is 21.6 Å². The summed E-state index contributed by atoms with van der Waals surface area (Å²) in [6.07, 6.45) is 4.61. The Bertz CT molecular complexity index is 1020. The van der Waals surface area contributed by atoms with Crippen LogP contribution in [0.4, 0.5) is 0 Å². The minimum Gasteiger partial charge on any atom is -0.477 e. The van der Waals surface area contributed by atoms with Crippen molar-refractivity contribution < 1.29 is 9.90 Å². The second-order valence-corrected chi connectivity index (χ2v) is 5.78. The zero-order valence-electron chi connectivity index (χ0n) is 12.0. The molecule has 118 valence electrons. The molecule has 0 bridgehead atoms. The summed E-state index contributed by atoms with van der Waals surface area (Å²) in [5, 5.41) is 20.1. The zero-order chi connectivity index (χ0) is 17.3. The number of nitriles is 1. The van der Waals surface area contributed by atoms with Gasteiger partial charge in [-0.15, -0.1) is 0 Å².